The Kier molecular flexibility index (Phi) is 20.5. The Hall–Kier alpha value is -2.55. The van der Waals surface area contributed by atoms with Gasteiger partial charge in [0.15, 0.2) is 5.78 Å². The van der Waals surface area contributed by atoms with Crippen LogP contribution in [0.15, 0.2) is 54.6 Å². The molecule has 3 heteroatoms. The number of ketones is 1. The fourth-order valence-electron chi connectivity index (χ4n) is 2.53. The quantitative estimate of drug-likeness (QED) is 0.425. The van der Waals surface area contributed by atoms with Crippen LogP contribution in [0.3, 0.4) is 0 Å². The van der Waals surface area contributed by atoms with Crippen LogP contribution in [0.2, 0.25) is 0 Å². The van der Waals surface area contributed by atoms with E-state index in [0.717, 1.165) is 23.5 Å². The van der Waals surface area contributed by atoms with E-state index in [1.165, 1.54) is 12.0 Å². The van der Waals surface area contributed by atoms with Crippen LogP contribution < -0.4 is 9.64 Å². The molecule has 0 radical (unpaired) electrons. The summed E-state index contributed by atoms with van der Waals surface area (Å²) in [6.07, 6.45) is 5.76. The number of nitrogens with zero attached hydrogens (tertiary/aromatic N) is 1. The molecule has 0 unspecified atom stereocenters. The third-order valence-corrected chi connectivity index (χ3v) is 3.83. The molecular formula is C28H45NO2. The third kappa shape index (κ3) is 12.7. The van der Waals surface area contributed by atoms with Crippen molar-refractivity contribution in [2.45, 2.75) is 74.8 Å². The van der Waals surface area contributed by atoms with Crippen LogP contribution in [-0.4, -0.2) is 19.4 Å². The highest BCUT2D eigenvalue weighted by atomic mass is 16.5. The van der Waals surface area contributed by atoms with Crippen LogP contribution in [0.5, 0.6) is 5.75 Å². The molecule has 0 aliphatic carbocycles. The SMILES string of the molecule is C/C=C/c1c(OCC(=O)CC)cccc1N(C)Cc1ccccc1.CC.CC.CCC. The minimum atomic E-state index is 0.101. The number of hydrogen-bond acceptors (Lipinski definition) is 3. The number of allylic oxidation sites excluding steroid dienone is 1. The maximum Gasteiger partial charge on any atom is 0.169 e. The topological polar surface area (TPSA) is 29.5 Å². The van der Waals surface area contributed by atoms with Gasteiger partial charge in [0.25, 0.3) is 0 Å². The van der Waals surface area contributed by atoms with Crippen LogP contribution in [-0.2, 0) is 11.3 Å². The molecule has 0 atom stereocenters. The first kappa shape index (κ1) is 30.6. The number of benzene rings is 2. The Morgan fingerprint density at radius 2 is 1.52 bits per heavy atom. The van der Waals surface area contributed by atoms with Crippen molar-refractivity contribution in [1.82, 2.24) is 0 Å². The van der Waals surface area contributed by atoms with E-state index in [0.29, 0.717) is 6.42 Å². The predicted molar refractivity (Wildman–Crippen MR) is 139 cm³/mol. The summed E-state index contributed by atoms with van der Waals surface area (Å²) in [6, 6.07) is 16.3. The molecule has 0 aromatic heterocycles. The van der Waals surface area contributed by atoms with E-state index in [2.05, 4.69) is 44.0 Å². The fraction of sp³-hybridized carbons (Fsp3) is 0.464. The van der Waals surface area contributed by atoms with Gasteiger partial charge in [-0.3, -0.25) is 4.79 Å². The fourth-order valence-corrected chi connectivity index (χ4v) is 2.53. The minimum Gasteiger partial charge on any atom is -0.485 e. The number of rotatable bonds is 8. The third-order valence-electron chi connectivity index (χ3n) is 3.83. The van der Waals surface area contributed by atoms with Crippen molar-refractivity contribution in [2.24, 2.45) is 0 Å². The molecule has 0 bridgehead atoms. The highest BCUT2D eigenvalue weighted by Crippen LogP contribution is 2.31. The van der Waals surface area contributed by atoms with E-state index in [4.69, 9.17) is 4.74 Å². The molecule has 0 N–H and O–H groups in total. The van der Waals surface area contributed by atoms with Gasteiger partial charge < -0.3 is 9.64 Å². The average molecular weight is 428 g/mol. The molecule has 31 heavy (non-hydrogen) atoms. The van der Waals surface area contributed by atoms with E-state index in [1.54, 1.807) is 0 Å². The molecule has 0 heterocycles. The molecule has 0 saturated carbocycles. The zero-order valence-corrected chi connectivity index (χ0v) is 21.4. The summed E-state index contributed by atoms with van der Waals surface area (Å²) < 4.78 is 5.76. The van der Waals surface area contributed by atoms with Crippen LogP contribution in [0.4, 0.5) is 5.69 Å². The Labute approximate surface area is 192 Å². The average Bonchev–Trinajstić information content (AvgIpc) is 2.82. The summed E-state index contributed by atoms with van der Waals surface area (Å²) in [5.41, 5.74) is 3.33. The number of ether oxygens (including phenoxy) is 1. The lowest BCUT2D eigenvalue weighted by atomic mass is 10.1. The highest BCUT2D eigenvalue weighted by Gasteiger charge is 2.12. The maximum absolute atomic E-state index is 11.6. The van der Waals surface area contributed by atoms with E-state index in [1.807, 2.05) is 84.0 Å². The molecule has 2 aromatic carbocycles. The molecule has 0 aliphatic rings. The summed E-state index contributed by atoms with van der Waals surface area (Å²) in [5.74, 6) is 0.844. The highest BCUT2D eigenvalue weighted by molar-refractivity contribution is 5.80. The first-order chi connectivity index (χ1) is 15.1. The van der Waals surface area contributed by atoms with Crippen molar-refractivity contribution in [3.63, 3.8) is 0 Å². The molecule has 2 rings (SSSR count). The number of carbonyl (C=O) groups is 1. The lowest BCUT2D eigenvalue weighted by molar-refractivity contribution is -0.120. The largest absolute Gasteiger partial charge is 0.485 e. The van der Waals surface area contributed by atoms with Gasteiger partial charge in [0.2, 0.25) is 0 Å². The van der Waals surface area contributed by atoms with E-state index >= 15 is 0 Å². The summed E-state index contributed by atoms with van der Waals surface area (Å²) in [6.45, 7) is 17.0. The molecule has 174 valence electrons. The normalized spacial score (nSPS) is 9.32. The molecule has 0 fully saturated rings. The van der Waals surface area contributed by atoms with Gasteiger partial charge in [-0.25, -0.2) is 0 Å². The standard InChI is InChI=1S/C21H25NO2.C3H8.2C2H6/c1-4-10-19-20(22(3)15-17-11-7-6-8-12-17)13-9-14-21(19)24-16-18(23)5-2;1-3-2;2*1-2/h4,6-14H,5,15-16H2,1-3H3;3H2,1-2H3;2*1-2H3/b10-4+;;;. The van der Waals surface area contributed by atoms with Gasteiger partial charge in [-0.05, 0) is 24.6 Å². The predicted octanol–water partition coefficient (Wildman–Crippen LogP) is 8.18. The van der Waals surface area contributed by atoms with Crippen LogP contribution >= 0.6 is 0 Å². The van der Waals surface area contributed by atoms with Crippen LogP contribution in [0.1, 0.15) is 79.4 Å². The maximum atomic E-state index is 11.6. The van der Waals surface area contributed by atoms with Crippen molar-refractivity contribution in [1.29, 1.82) is 0 Å². The minimum absolute atomic E-state index is 0.101. The number of anilines is 1. The van der Waals surface area contributed by atoms with Gasteiger partial charge in [-0.15, -0.1) is 0 Å². The molecule has 0 spiro atoms. The van der Waals surface area contributed by atoms with Crippen LogP contribution in [0.25, 0.3) is 6.08 Å². The van der Waals surface area contributed by atoms with Crippen molar-refractivity contribution >= 4 is 17.5 Å². The van der Waals surface area contributed by atoms with E-state index < -0.39 is 0 Å². The van der Waals surface area contributed by atoms with Gasteiger partial charge in [-0.2, -0.15) is 0 Å². The summed E-state index contributed by atoms with van der Waals surface area (Å²) in [7, 11) is 2.07. The van der Waals surface area contributed by atoms with Gasteiger partial charge in [0.05, 0.1) is 0 Å². The van der Waals surface area contributed by atoms with E-state index in [-0.39, 0.29) is 12.4 Å². The first-order valence-electron chi connectivity index (χ1n) is 11.7. The van der Waals surface area contributed by atoms with Crippen molar-refractivity contribution < 1.29 is 9.53 Å². The molecule has 3 nitrogen and oxygen atoms in total. The lowest BCUT2D eigenvalue weighted by Gasteiger charge is -2.23. The lowest BCUT2D eigenvalue weighted by Crippen LogP contribution is -2.18. The van der Waals surface area contributed by atoms with E-state index in [9.17, 15) is 4.79 Å². The van der Waals surface area contributed by atoms with Crippen molar-refractivity contribution in [3.8, 4) is 5.75 Å². The Morgan fingerprint density at radius 1 is 0.935 bits per heavy atom. The van der Waals surface area contributed by atoms with Gasteiger partial charge >= 0.3 is 0 Å². The van der Waals surface area contributed by atoms with Crippen LogP contribution in [0, 0.1) is 0 Å². The van der Waals surface area contributed by atoms with Gasteiger partial charge in [0, 0.05) is 31.3 Å². The summed E-state index contributed by atoms with van der Waals surface area (Å²) >= 11 is 0. The monoisotopic (exact) mass is 427 g/mol. The first-order valence-corrected chi connectivity index (χ1v) is 11.7. The second kappa shape index (κ2) is 20.7. The second-order valence-corrected chi connectivity index (χ2v) is 6.42. The van der Waals surface area contributed by atoms with Crippen molar-refractivity contribution in [2.75, 3.05) is 18.6 Å². The summed E-state index contributed by atoms with van der Waals surface area (Å²) in [5, 5.41) is 0. The molecule has 0 amide bonds. The van der Waals surface area contributed by atoms with Gasteiger partial charge in [0.1, 0.15) is 12.4 Å². The smallest absolute Gasteiger partial charge is 0.169 e. The number of carbonyl (C=O) groups excluding carboxylic acids is 1. The molecule has 2 aromatic rings. The Bertz CT molecular complexity index is 708. The number of hydrogen-bond donors (Lipinski definition) is 0. The second-order valence-electron chi connectivity index (χ2n) is 6.42. The Balaban J connectivity index is 0. The van der Waals surface area contributed by atoms with Crippen molar-refractivity contribution in [3.05, 3.63) is 65.7 Å². The molecule has 0 saturated heterocycles. The number of Topliss-reactive ketones (excluding diaryl/α,β-unsaturated/α-hetero) is 1. The summed E-state index contributed by atoms with van der Waals surface area (Å²) in [4.78, 5) is 13.8. The zero-order valence-electron chi connectivity index (χ0n) is 21.4. The molecular weight excluding hydrogens is 382 g/mol. The molecule has 0 aliphatic heterocycles. The Morgan fingerprint density at radius 3 is 2.03 bits per heavy atom. The zero-order chi connectivity index (χ0) is 24.1. The van der Waals surface area contributed by atoms with Gasteiger partial charge in [-0.1, -0.05) is 103 Å².